The Labute approximate surface area is 159 Å². The number of piperidine rings is 1. The summed E-state index contributed by atoms with van der Waals surface area (Å²) in [7, 11) is 0. The maximum atomic E-state index is 12.8. The summed E-state index contributed by atoms with van der Waals surface area (Å²) in [6, 6.07) is 7.27. The van der Waals surface area contributed by atoms with E-state index in [2.05, 4.69) is 10.3 Å². The van der Waals surface area contributed by atoms with Crippen molar-refractivity contribution in [2.75, 3.05) is 6.54 Å². The number of likely N-dealkylation sites (tertiary alicyclic amines) is 1. The van der Waals surface area contributed by atoms with Gasteiger partial charge >= 0.3 is 6.18 Å². The molecule has 146 valence electrons. The second kappa shape index (κ2) is 6.92. The SMILES string of the molecule is O=C(NC1CC2CC1N(C(=O)c1ccc(C(F)(F)F)cc1)C2)c1cccnc1. The van der Waals surface area contributed by atoms with E-state index in [1.54, 1.807) is 23.2 Å². The van der Waals surface area contributed by atoms with Crippen molar-refractivity contribution in [2.45, 2.75) is 31.1 Å². The van der Waals surface area contributed by atoms with E-state index in [9.17, 15) is 22.8 Å². The number of amides is 2. The first-order chi connectivity index (χ1) is 13.3. The zero-order chi connectivity index (χ0) is 19.9. The molecule has 5 nitrogen and oxygen atoms in total. The van der Waals surface area contributed by atoms with Gasteiger partial charge in [0.05, 0.1) is 17.2 Å². The number of hydrogen-bond donors (Lipinski definition) is 1. The molecule has 1 aromatic heterocycles. The Morgan fingerprint density at radius 2 is 1.82 bits per heavy atom. The molecule has 1 saturated carbocycles. The van der Waals surface area contributed by atoms with Crippen LogP contribution >= 0.6 is 0 Å². The first-order valence-corrected chi connectivity index (χ1v) is 9.02. The standard InChI is InChI=1S/C20H18F3N3O2/c21-20(22,23)15-5-3-13(4-6-15)19(28)26-11-12-8-16(17(26)9-12)25-18(27)14-2-1-7-24-10-14/h1-7,10,12,16-17H,8-9,11H2,(H,25,27). The minimum atomic E-state index is -4.43. The van der Waals surface area contributed by atoms with Crippen LogP contribution in [0.25, 0.3) is 0 Å². The molecule has 1 aliphatic carbocycles. The summed E-state index contributed by atoms with van der Waals surface area (Å²) in [6.45, 7) is 0.559. The third-order valence-electron chi connectivity index (χ3n) is 5.44. The van der Waals surface area contributed by atoms with Crippen molar-refractivity contribution in [2.24, 2.45) is 5.92 Å². The number of carbonyl (C=O) groups excluding carboxylic acids is 2. The van der Waals surface area contributed by atoms with Crippen LogP contribution in [0.4, 0.5) is 13.2 Å². The highest BCUT2D eigenvalue weighted by Gasteiger charge is 2.47. The fourth-order valence-corrected chi connectivity index (χ4v) is 4.13. The number of benzene rings is 1. The Balaban J connectivity index is 1.46. The Hall–Kier alpha value is -2.90. The smallest absolute Gasteiger partial charge is 0.347 e. The van der Waals surface area contributed by atoms with Crippen LogP contribution in [0.2, 0.25) is 0 Å². The fourth-order valence-electron chi connectivity index (χ4n) is 4.13. The van der Waals surface area contributed by atoms with Crippen molar-refractivity contribution in [3.8, 4) is 0 Å². The number of fused-ring (bicyclic) bond motifs is 2. The van der Waals surface area contributed by atoms with E-state index in [0.717, 1.165) is 25.0 Å². The number of alkyl halides is 3. The van der Waals surface area contributed by atoms with E-state index >= 15 is 0 Å². The first kappa shape index (κ1) is 18.5. The second-order valence-electron chi connectivity index (χ2n) is 7.26. The molecule has 1 aliphatic heterocycles. The number of nitrogens with one attached hydrogen (secondary N) is 1. The quantitative estimate of drug-likeness (QED) is 0.877. The molecule has 1 saturated heterocycles. The van der Waals surface area contributed by atoms with Gasteiger partial charge in [-0.2, -0.15) is 13.2 Å². The van der Waals surface area contributed by atoms with Gasteiger partial charge in [-0.05, 0) is 55.2 Å². The Morgan fingerprint density at radius 3 is 2.43 bits per heavy atom. The van der Waals surface area contributed by atoms with Gasteiger partial charge in [0.2, 0.25) is 0 Å². The summed E-state index contributed by atoms with van der Waals surface area (Å²) in [6.07, 6.45) is 0.195. The Kier molecular flexibility index (Phi) is 4.56. The van der Waals surface area contributed by atoms with E-state index in [1.165, 1.54) is 18.3 Å². The summed E-state index contributed by atoms with van der Waals surface area (Å²) in [5, 5.41) is 2.97. The predicted molar refractivity (Wildman–Crippen MR) is 94.5 cm³/mol. The molecule has 2 bridgehead atoms. The molecule has 2 fully saturated rings. The van der Waals surface area contributed by atoms with Crippen LogP contribution in [0.5, 0.6) is 0 Å². The zero-order valence-electron chi connectivity index (χ0n) is 14.8. The topological polar surface area (TPSA) is 62.3 Å². The van der Waals surface area contributed by atoms with Gasteiger partial charge in [0.25, 0.3) is 11.8 Å². The average Bonchev–Trinajstić information content (AvgIpc) is 3.28. The highest BCUT2D eigenvalue weighted by molar-refractivity contribution is 5.96. The van der Waals surface area contributed by atoms with Crippen LogP contribution in [0.1, 0.15) is 39.1 Å². The van der Waals surface area contributed by atoms with Crippen molar-refractivity contribution >= 4 is 11.8 Å². The molecule has 0 spiro atoms. The Morgan fingerprint density at radius 1 is 1.07 bits per heavy atom. The van der Waals surface area contributed by atoms with Crippen molar-refractivity contribution < 1.29 is 22.8 Å². The van der Waals surface area contributed by atoms with Crippen molar-refractivity contribution in [1.29, 1.82) is 0 Å². The highest BCUT2D eigenvalue weighted by Crippen LogP contribution is 2.39. The fraction of sp³-hybridized carbons (Fsp3) is 0.350. The van der Waals surface area contributed by atoms with Gasteiger partial charge in [-0.3, -0.25) is 14.6 Å². The number of carbonyl (C=O) groups is 2. The van der Waals surface area contributed by atoms with Crippen LogP contribution in [0.15, 0.2) is 48.8 Å². The molecule has 2 aromatic rings. The van der Waals surface area contributed by atoms with Gasteiger partial charge in [-0.25, -0.2) is 0 Å². The molecule has 3 unspecified atom stereocenters. The number of nitrogens with zero attached hydrogens (tertiary/aromatic N) is 2. The predicted octanol–water partition coefficient (Wildman–Crippen LogP) is 3.13. The van der Waals surface area contributed by atoms with Gasteiger partial charge < -0.3 is 10.2 Å². The second-order valence-corrected chi connectivity index (χ2v) is 7.26. The summed E-state index contributed by atoms with van der Waals surface area (Å²) in [5.41, 5.74) is -0.114. The number of rotatable bonds is 3. The molecular formula is C20H18F3N3O2. The van der Waals surface area contributed by atoms with Crippen molar-refractivity contribution in [3.05, 3.63) is 65.5 Å². The summed E-state index contributed by atoms with van der Waals surface area (Å²) >= 11 is 0. The maximum absolute atomic E-state index is 12.8. The largest absolute Gasteiger partial charge is 0.416 e. The van der Waals surface area contributed by atoms with Crippen LogP contribution in [0.3, 0.4) is 0 Å². The maximum Gasteiger partial charge on any atom is 0.416 e. The zero-order valence-corrected chi connectivity index (χ0v) is 14.8. The number of halogens is 3. The van der Waals surface area contributed by atoms with Gasteiger partial charge in [0, 0.05) is 30.5 Å². The molecular weight excluding hydrogens is 371 g/mol. The molecule has 2 heterocycles. The molecule has 2 aliphatic rings. The molecule has 1 N–H and O–H groups in total. The number of aromatic nitrogens is 1. The molecule has 4 rings (SSSR count). The minimum absolute atomic E-state index is 0.152. The van der Waals surface area contributed by atoms with Crippen LogP contribution in [0, 0.1) is 5.92 Å². The number of hydrogen-bond acceptors (Lipinski definition) is 3. The van der Waals surface area contributed by atoms with Gasteiger partial charge in [0.15, 0.2) is 0 Å². The van der Waals surface area contributed by atoms with E-state index in [-0.39, 0.29) is 35.4 Å². The third kappa shape index (κ3) is 3.46. The Bertz CT molecular complexity index is 884. The molecule has 0 radical (unpaired) electrons. The molecule has 1 aromatic carbocycles. The lowest BCUT2D eigenvalue weighted by Crippen LogP contribution is -2.52. The molecule has 2 amide bonds. The van der Waals surface area contributed by atoms with E-state index in [1.807, 2.05) is 0 Å². The third-order valence-corrected chi connectivity index (χ3v) is 5.44. The van der Waals surface area contributed by atoms with Crippen LogP contribution in [-0.2, 0) is 6.18 Å². The summed E-state index contributed by atoms with van der Waals surface area (Å²) < 4.78 is 38.2. The first-order valence-electron chi connectivity index (χ1n) is 9.02. The van der Waals surface area contributed by atoms with E-state index in [4.69, 9.17) is 0 Å². The lowest BCUT2D eigenvalue weighted by atomic mass is 10.0. The van der Waals surface area contributed by atoms with Gasteiger partial charge in [0.1, 0.15) is 0 Å². The lowest BCUT2D eigenvalue weighted by Gasteiger charge is -2.33. The molecule has 28 heavy (non-hydrogen) atoms. The molecule has 3 atom stereocenters. The normalized spacial score (nSPS) is 23.7. The highest BCUT2D eigenvalue weighted by atomic mass is 19.4. The lowest BCUT2D eigenvalue weighted by molar-refractivity contribution is -0.137. The van der Waals surface area contributed by atoms with Crippen molar-refractivity contribution in [1.82, 2.24) is 15.2 Å². The average molecular weight is 389 g/mol. The van der Waals surface area contributed by atoms with E-state index < -0.39 is 11.7 Å². The summed E-state index contributed by atoms with van der Waals surface area (Å²) in [5.74, 6) is -0.267. The minimum Gasteiger partial charge on any atom is -0.347 e. The number of pyridine rings is 1. The monoisotopic (exact) mass is 389 g/mol. The van der Waals surface area contributed by atoms with Gasteiger partial charge in [-0.1, -0.05) is 0 Å². The summed E-state index contributed by atoms with van der Waals surface area (Å²) in [4.78, 5) is 30.8. The van der Waals surface area contributed by atoms with Crippen LogP contribution in [-0.4, -0.2) is 40.3 Å². The van der Waals surface area contributed by atoms with Crippen LogP contribution < -0.4 is 5.32 Å². The van der Waals surface area contributed by atoms with Crippen molar-refractivity contribution in [3.63, 3.8) is 0 Å². The van der Waals surface area contributed by atoms with Gasteiger partial charge in [-0.15, -0.1) is 0 Å². The van der Waals surface area contributed by atoms with E-state index in [0.29, 0.717) is 12.1 Å². The molecule has 8 heteroatoms.